The van der Waals surface area contributed by atoms with Gasteiger partial charge in [0.05, 0.1) is 7.11 Å². The van der Waals surface area contributed by atoms with Crippen molar-refractivity contribution in [2.45, 2.75) is 42.4 Å². The van der Waals surface area contributed by atoms with Gasteiger partial charge < -0.3 is 23.7 Å². The van der Waals surface area contributed by atoms with E-state index in [1.54, 1.807) is 6.07 Å². The maximum Gasteiger partial charge on any atom is 0.283 e. The number of nitrogens with zero attached hydrogens (tertiary/aromatic N) is 1. The summed E-state index contributed by atoms with van der Waals surface area (Å²) in [6, 6.07) is 1.17. The van der Waals surface area contributed by atoms with Gasteiger partial charge in [0.25, 0.3) is 5.91 Å². The Morgan fingerprint density at radius 1 is 1.28 bits per heavy atom. The number of hydrogen-bond acceptors (Lipinski definition) is 7. The molecule has 4 unspecified atom stereocenters. The molecule has 1 aromatic rings. The second kappa shape index (κ2) is 6.57. The zero-order chi connectivity index (χ0) is 20.7. The van der Waals surface area contributed by atoms with Crippen LogP contribution in [0.2, 0.25) is 0 Å². The number of carbonyl (C=O) groups excluding carboxylic acids is 1. The third kappa shape index (κ3) is 2.81. The van der Waals surface area contributed by atoms with Gasteiger partial charge in [-0.05, 0) is 57.8 Å². The van der Waals surface area contributed by atoms with Crippen LogP contribution in [0.15, 0.2) is 21.1 Å². The summed E-state index contributed by atoms with van der Waals surface area (Å²) in [4.78, 5) is 19.7. The molecule has 0 saturated carbocycles. The molecule has 0 radical (unpaired) electrons. The summed E-state index contributed by atoms with van der Waals surface area (Å²) in [5.41, 5.74) is 0.264. The molecule has 1 aliphatic carbocycles. The molecule has 6 rings (SSSR count). The van der Waals surface area contributed by atoms with Crippen molar-refractivity contribution in [1.82, 2.24) is 5.06 Å². The van der Waals surface area contributed by atoms with Gasteiger partial charge in [0.15, 0.2) is 17.3 Å². The van der Waals surface area contributed by atoms with Crippen LogP contribution in [0.1, 0.15) is 24.2 Å². The fraction of sp³-hybridized carbons (Fsp3) is 0.500. The van der Waals surface area contributed by atoms with Gasteiger partial charge >= 0.3 is 0 Å². The average Bonchev–Trinajstić information content (AvgIpc) is 3.25. The Labute approximate surface area is 191 Å². The molecule has 0 spiro atoms. The Morgan fingerprint density at radius 3 is 2.76 bits per heavy atom. The molecule has 4 aliphatic heterocycles. The van der Waals surface area contributed by atoms with Crippen LogP contribution >= 0.6 is 47.8 Å². The molecule has 0 N–H and O–H groups in total. The first-order valence-corrected chi connectivity index (χ1v) is 11.2. The molecular weight excluding hydrogens is 582 g/mol. The highest BCUT2D eigenvalue weighted by Crippen LogP contribution is 2.55. The van der Waals surface area contributed by atoms with Crippen molar-refractivity contribution in [1.29, 1.82) is 0 Å². The molecule has 1 amide bonds. The predicted molar refractivity (Wildman–Crippen MR) is 110 cm³/mol. The number of ether oxygens (including phenoxy) is 5. The Hall–Kier alpha value is -0.850. The summed E-state index contributed by atoms with van der Waals surface area (Å²) in [5.74, 6) is -0.0681. The molecule has 0 aromatic heterocycles. The molecule has 2 fully saturated rings. The molecule has 4 heterocycles. The van der Waals surface area contributed by atoms with E-state index in [2.05, 4.69) is 47.8 Å². The first-order chi connectivity index (χ1) is 13.7. The maximum atomic E-state index is 13.6. The predicted octanol–water partition coefficient (Wildman–Crippen LogP) is 3.85. The summed E-state index contributed by atoms with van der Waals surface area (Å²) in [6.45, 7) is 3.72. The monoisotopic (exact) mass is 595 g/mol. The standard InChI is InChI=1S/C18H16Br3NO7/c1-17(2)27-12-8-5-10(20)18(21,15(12)28-17)29-22(8)16(23)11-7(19)4-9-13(14(11)24-3)26-6-25-9/h4-5,8,12,15H,6H2,1-3H3. The van der Waals surface area contributed by atoms with E-state index in [-0.39, 0.29) is 18.1 Å². The van der Waals surface area contributed by atoms with Gasteiger partial charge in [0.1, 0.15) is 23.8 Å². The third-order valence-electron chi connectivity index (χ3n) is 5.17. The SMILES string of the molecule is COc1c2c(cc(Br)c1C(=O)N1OC3(Br)C(Br)=CC1C1OC(C)(C)OC13)OCO2. The Kier molecular flexibility index (Phi) is 4.55. The second-order valence-corrected chi connectivity index (χ2v) is 10.3. The van der Waals surface area contributed by atoms with Crippen molar-refractivity contribution in [3.8, 4) is 17.2 Å². The summed E-state index contributed by atoms with van der Waals surface area (Å²) < 4.78 is 28.7. The fourth-order valence-corrected chi connectivity index (χ4v) is 5.75. The van der Waals surface area contributed by atoms with Crippen LogP contribution in [0.25, 0.3) is 0 Å². The maximum absolute atomic E-state index is 13.6. The van der Waals surface area contributed by atoms with Crippen molar-refractivity contribution in [2.75, 3.05) is 13.9 Å². The average molecular weight is 598 g/mol. The van der Waals surface area contributed by atoms with Crippen LogP contribution in [0.5, 0.6) is 17.2 Å². The lowest BCUT2D eigenvalue weighted by Gasteiger charge is -2.51. The summed E-state index contributed by atoms with van der Waals surface area (Å²) in [6.07, 6.45) is 1.03. The highest BCUT2D eigenvalue weighted by molar-refractivity contribution is 9.14. The van der Waals surface area contributed by atoms with E-state index in [1.165, 1.54) is 12.2 Å². The zero-order valence-corrected chi connectivity index (χ0v) is 20.3. The first-order valence-electron chi connectivity index (χ1n) is 8.77. The Morgan fingerprint density at radius 2 is 2.03 bits per heavy atom. The van der Waals surface area contributed by atoms with Gasteiger partial charge in [0.2, 0.25) is 17.1 Å². The van der Waals surface area contributed by atoms with E-state index in [1.807, 2.05) is 19.9 Å². The normalized spacial score (nSPS) is 33.5. The molecule has 2 saturated heterocycles. The van der Waals surface area contributed by atoms with Crippen molar-refractivity contribution in [3.05, 3.63) is 26.7 Å². The molecule has 156 valence electrons. The number of amides is 1. The number of halogens is 3. The molecular formula is C18H16Br3NO7. The number of hydroxylamine groups is 2. The number of fused-ring (bicyclic) bond motifs is 2. The Bertz CT molecular complexity index is 952. The quantitative estimate of drug-likeness (QED) is 0.480. The molecule has 2 bridgehead atoms. The summed E-state index contributed by atoms with van der Waals surface area (Å²) in [7, 11) is 1.47. The van der Waals surface area contributed by atoms with Crippen LogP contribution in [0.3, 0.4) is 0 Å². The van der Waals surface area contributed by atoms with E-state index in [4.69, 9.17) is 28.5 Å². The molecule has 5 aliphatic rings. The lowest BCUT2D eigenvalue weighted by atomic mass is 9.91. The van der Waals surface area contributed by atoms with Crippen molar-refractivity contribution in [2.24, 2.45) is 0 Å². The number of hydrogen-bond donors (Lipinski definition) is 0. The van der Waals surface area contributed by atoms with E-state index in [9.17, 15) is 4.79 Å². The van der Waals surface area contributed by atoms with Crippen LogP contribution in [0.4, 0.5) is 0 Å². The zero-order valence-electron chi connectivity index (χ0n) is 15.5. The number of rotatable bonds is 2. The van der Waals surface area contributed by atoms with Crippen LogP contribution < -0.4 is 14.2 Å². The molecule has 4 atom stereocenters. The Balaban J connectivity index is 1.58. The minimum absolute atomic E-state index is 0.0584. The first kappa shape index (κ1) is 20.1. The van der Waals surface area contributed by atoms with Gasteiger partial charge in [-0.3, -0.25) is 4.79 Å². The number of benzene rings is 1. The van der Waals surface area contributed by atoms with E-state index in [0.717, 1.165) is 4.48 Å². The highest BCUT2D eigenvalue weighted by Gasteiger charge is 2.66. The van der Waals surface area contributed by atoms with Gasteiger partial charge in [-0.2, -0.15) is 0 Å². The van der Waals surface area contributed by atoms with Crippen molar-refractivity contribution < 1.29 is 33.3 Å². The van der Waals surface area contributed by atoms with Gasteiger partial charge in [0, 0.05) is 8.96 Å². The molecule has 8 nitrogen and oxygen atoms in total. The van der Waals surface area contributed by atoms with Crippen LogP contribution in [-0.4, -0.2) is 53.4 Å². The van der Waals surface area contributed by atoms with E-state index < -0.39 is 34.5 Å². The largest absolute Gasteiger partial charge is 0.492 e. The van der Waals surface area contributed by atoms with Crippen molar-refractivity contribution in [3.63, 3.8) is 0 Å². The fourth-order valence-electron chi connectivity index (χ4n) is 3.98. The van der Waals surface area contributed by atoms with Crippen LogP contribution in [0, 0.1) is 0 Å². The lowest BCUT2D eigenvalue weighted by molar-refractivity contribution is -0.255. The lowest BCUT2D eigenvalue weighted by Crippen LogP contribution is -2.67. The number of methoxy groups -OCH3 is 1. The summed E-state index contributed by atoms with van der Waals surface area (Å²) in [5, 5.41) is 1.29. The molecule has 29 heavy (non-hydrogen) atoms. The minimum Gasteiger partial charge on any atom is -0.492 e. The molecule has 1 aromatic carbocycles. The molecule has 11 heteroatoms. The summed E-state index contributed by atoms with van der Waals surface area (Å²) >= 11 is 10.6. The van der Waals surface area contributed by atoms with Gasteiger partial charge in [-0.25, -0.2) is 9.90 Å². The number of alkyl halides is 1. The van der Waals surface area contributed by atoms with Gasteiger partial charge in [-0.15, -0.1) is 0 Å². The highest BCUT2D eigenvalue weighted by atomic mass is 79.9. The minimum atomic E-state index is -1.09. The third-order valence-corrected chi connectivity index (χ3v) is 8.20. The van der Waals surface area contributed by atoms with E-state index in [0.29, 0.717) is 16.0 Å². The van der Waals surface area contributed by atoms with Gasteiger partial charge in [-0.1, -0.05) is 15.9 Å². The smallest absolute Gasteiger partial charge is 0.283 e. The van der Waals surface area contributed by atoms with Crippen LogP contribution in [-0.2, 0) is 14.3 Å². The van der Waals surface area contributed by atoms with E-state index >= 15 is 0 Å². The topological polar surface area (TPSA) is 75.7 Å². The van der Waals surface area contributed by atoms with Crippen molar-refractivity contribution >= 4 is 53.7 Å². The second-order valence-electron chi connectivity index (χ2n) is 7.39. The number of carbonyl (C=O) groups is 1.